The molecule has 0 heterocycles. The first-order valence-corrected chi connectivity index (χ1v) is 10.5. The number of hydrogen-bond donors (Lipinski definition) is 2. The fourth-order valence-electron chi connectivity index (χ4n) is 2.86. The number of rotatable bonds is 8. The van der Waals surface area contributed by atoms with Gasteiger partial charge in [-0.1, -0.05) is 48.0 Å². The molecule has 0 bridgehead atoms. The van der Waals surface area contributed by atoms with E-state index in [1.165, 1.54) is 17.7 Å². The second-order valence-corrected chi connectivity index (χ2v) is 8.37. The van der Waals surface area contributed by atoms with E-state index in [-0.39, 0.29) is 11.4 Å². The standard InChI is InChI=1S/C22H24N2O3S/c1-17-5-4-6-18(15-17)16-27-22-8-3-2-7-19(22)13-14-24-28(25,26)21-11-9-20(23)10-12-21/h2-12,15,24H,13-14,16,23H2,1H3. The van der Waals surface area contributed by atoms with E-state index in [1.54, 1.807) is 12.1 Å². The number of nitrogens with one attached hydrogen (secondary N) is 1. The summed E-state index contributed by atoms with van der Waals surface area (Å²) >= 11 is 0. The average molecular weight is 397 g/mol. The third kappa shape index (κ3) is 5.34. The molecule has 28 heavy (non-hydrogen) atoms. The molecule has 3 N–H and O–H groups in total. The Labute approximate surface area is 166 Å². The summed E-state index contributed by atoms with van der Waals surface area (Å²) in [5.41, 5.74) is 9.38. The largest absolute Gasteiger partial charge is 0.489 e. The second-order valence-electron chi connectivity index (χ2n) is 6.60. The third-order valence-corrected chi connectivity index (χ3v) is 5.80. The highest BCUT2D eigenvalue weighted by Crippen LogP contribution is 2.20. The van der Waals surface area contributed by atoms with E-state index in [0.717, 1.165) is 16.9 Å². The van der Waals surface area contributed by atoms with Gasteiger partial charge in [-0.15, -0.1) is 0 Å². The first-order valence-electron chi connectivity index (χ1n) is 9.05. The quantitative estimate of drug-likeness (QED) is 0.569. The van der Waals surface area contributed by atoms with Gasteiger partial charge in [-0.2, -0.15) is 0 Å². The number of hydrogen-bond acceptors (Lipinski definition) is 4. The van der Waals surface area contributed by atoms with E-state index < -0.39 is 10.0 Å². The van der Waals surface area contributed by atoms with Crippen molar-refractivity contribution in [3.63, 3.8) is 0 Å². The van der Waals surface area contributed by atoms with Gasteiger partial charge in [0.2, 0.25) is 10.0 Å². The van der Waals surface area contributed by atoms with Gasteiger partial charge in [-0.3, -0.25) is 0 Å². The minimum atomic E-state index is -3.57. The van der Waals surface area contributed by atoms with Crippen molar-refractivity contribution >= 4 is 15.7 Å². The number of sulfonamides is 1. The second kappa shape index (κ2) is 8.91. The lowest BCUT2D eigenvalue weighted by molar-refractivity contribution is 0.303. The number of anilines is 1. The Hall–Kier alpha value is -2.83. The molecule has 5 nitrogen and oxygen atoms in total. The molecule has 3 aromatic rings. The Bertz CT molecular complexity index is 1030. The van der Waals surface area contributed by atoms with Crippen LogP contribution in [0.25, 0.3) is 0 Å². The van der Waals surface area contributed by atoms with Crippen LogP contribution in [0.4, 0.5) is 5.69 Å². The molecule has 0 radical (unpaired) electrons. The Kier molecular flexibility index (Phi) is 6.34. The molecule has 0 amide bonds. The van der Waals surface area contributed by atoms with E-state index in [2.05, 4.69) is 10.8 Å². The fraction of sp³-hybridized carbons (Fsp3) is 0.182. The zero-order valence-corrected chi connectivity index (χ0v) is 16.6. The van der Waals surface area contributed by atoms with E-state index >= 15 is 0 Å². The van der Waals surface area contributed by atoms with E-state index in [4.69, 9.17) is 10.5 Å². The van der Waals surface area contributed by atoms with E-state index in [1.807, 2.05) is 49.4 Å². The summed E-state index contributed by atoms with van der Waals surface area (Å²) in [5.74, 6) is 0.760. The molecular weight excluding hydrogens is 372 g/mol. The SMILES string of the molecule is Cc1cccc(COc2ccccc2CCNS(=O)(=O)c2ccc(N)cc2)c1. The normalized spacial score (nSPS) is 11.3. The van der Waals surface area contributed by atoms with Gasteiger partial charge in [-0.25, -0.2) is 13.1 Å². The zero-order chi connectivity index (χ0) is 20.0. The summed E-state index contributed by atoms with van der Waals surface area (Å²) in [6, 6.07) is 22.0. The van der Waals surface area contributed by atoms with Crippen molar-refractivity contribution in [2.75, 3.05) is 12.3 Å². The van der Waals surface area contributed by atoms with Crippen molar-refractivity contribution in [2.24, 2.45) is 0 Å². The summed E-state index contributed by atoms with van der Waals surface area (Å²) in [5, 5.41) is 0. The fourth-order valence-corrected chi connectivity index (χ4v) is 3.90. The Balaban J connectivity index is 1.61. The smallest absolute Gasteiger partial charge is 0.240 e. The molecule has 3 aromatic carbocycles. The number of benzene rings is 3. The topological polar surface area (TPSA) is 81.4 Å². The van der Waals surface area contributed by atoms with Gasteiger partial charge >= 0.3 is 0 Å². The minimum Gasteiger partial charge on any atom is -0.489 e. The lowest BCUT2D eigenvalue weighted by Crippen LogP contribution is -2.26. The molecule has 0 aliphatic carbocycles. The van der Waals surface area contributed by atoms with Crippen LogP contribution in [0, 0.1) is 6.92 Å². The molecule has 0 aliphatic heterocycles. The highest BCUT2D eigenvalue weighted by Gasteiger charge is 2.13. The number of para-hydroxylation sites is 1. The lowest BCUT2D eigenvalue weighted by atomic mass is 10.1. The summed E-state index contributed by atoms with van der Waals surface area (Å²) in [6.45, 7) is 2.79. The van der Waals surface area contributed by atoms with Crippen molar-refractivity contribution < 1.29 is 13.2 Å². The van der Waals surface area contributed by atoms with Crippen LogP contribution in [0.1, 0.15) is 16.7 Å². The molecule has 0 unspecified atom stereocenters. The van der Waals surface area contributed by atoms with Gasteiger partial charge in [-0.05, 0) is 54.8 Å². The maximum absolute atomic E-state index is 12.4. The van der Waals surface area contributed by atoms with Crippen LogP contribution >= 0.6 is 0 Å². The van der Waals surface area contributed by atoms with Crippen LogP contribution in [0.5, 0.6) is 5.75 Å². The van der Waals surface area contributed by atoms with Crippen molar-refractivity contribution in [2.45, 2.75) is 24.8 Å². The van der Waals surface area contributed by atoms with Gasteiger partial charge in [0.05, 0.1) is 4.90 Å². The average Bonchev–Trinajstić information content (AvgIpc) is 2.67. The van der Waals surface area contributed by atoms with Crippen LogP contribution in [-0.2, 0) is 23.1 Å². The summed E-state index contributed by atoms with van der Waals surface area (Å²) < 4.78 is 33.4. The molecule has 6 heteroatoms. The lowest BCUT2D eigenvalue weighted by Gasteiger charge is -2.12. The molecule has 0 atom stereocenters. The summed E-state index contributed by atoms with van der Waals surface area (Å²) in [4.78, 5) is 0.200. The van der Waals surface area contributed by atoms with Crippen LogP contribution in [0.2, 0.25) is 0 Å². The van der Waals surface area contributed by atoms with Crippen molar-refractivity contribution in [1.29, 1.82) is 0 Å². The highest BCUT2D eigenvalue weighted by atomic mass is 32.2. The molecular formula is C22H24N2O3S. The Morgan fingerprint density at radius 3 is 2.46 bits per heavy atom. The van der Waals surface area contributed by atoms with E-state index in [9.17, 15) is 8.42 Å². The van der Waals surface area contributed by atoms with Crippen LogP contribution < -0.4 is 15.2 Å². The molecule has 0 saturated carbocycles. The van der Waals surface area contributed by atoms with E-state index in [0.29, 0.717) is 18.7 Å². The first kappa shape index (κ1) is 19.9. The third-order valence-electron chi connectivity index (χ3n) is 4.33. The summed E-state index contributed by atoms with van der Waals surface area (Å²) in [7, 11) is -3.57. The molecule has 0 saturated heterocycles. The van der Waals surface area contributed by atoms with Crippen LogP contribution in [0.3, 0.4) is 0 Å². The molecule has 3 rings (SSSR count). The Morgan fingerprint density at radius 1 is 0.964 bits per heavy atom. The maximum atomic E-state index is 12.4. The van der Waals surface area contributed by atoms with Crippen LogP contribution in [0.15, 0.2) is 77.7 Å². The zero-order valence-electron chi connectivity index (χ0n) is 15.8. The highest BCUT2D eigenvalue weighted by molar-refractivity contribution is 7.89. The van der Waals surface area contributed by atoms with Gasteiger partial charge in [0, 0.05) is 12.2 Å². The van der Waals surface area contributed by atoms with Gasteiger partial charge < -0.3 is 10.5 Å². The number of aryl methyl sites for hydroxylation is 1. The number of nitrogen functional groups attached to an aromatic ring is 1. The molecule has 0 fully saturated rings. The predicted molar refractivity (Wildman–Crippen MR) is 112 cm³/mol. The van der Waals surface area contributed by atoms with Crippen molar-refractivity contribution in [1.82, 2.24) is 4.72 Å². The van der Waals surface area contributed by atoms with Crippen LogP contribution in [-0.4, -0.2) is 15.0 Å². The maximum Gasteiger partial charge on any atom is 0.240 e. The molecule has 0 aromatic heterocycles. The van der Waals surface area contributed by atoms with Gasteiger partial charge in [0.25, 0.3) is 0 Å². The van der Waals surface area contributed by atoms with Gasteiger partial charge in [0.15, 0.2) is 0 Å². The Morgan fingerprint density at radius 2 is 1.71 bits per heavy atom. The number of ether oxygens (including phenoxy) is 1. The monoisotopic (exact) mass is 396 g/mol. The van der Waals surface area contributed by atoms with Gasteiger partial charge in [0.1, 0.15) is 12.4 Å². The predicted octanol–water partition coefficient (Wildman–Crippen LogP) is 3.68. The molecule has 0 aliphatic rings. The molecule has 146 valence electrons. The summed E-state index contributed by atoms with van der Waals surface area (Å²) in [6.07, 6.45) is 0.526. The number of nitrogens with two attached hydrogens (primary N) is 1. The molecule has 0 spiro atoms. The van der Waals surface area contributed by atoms with Crippen molar-refractivity contribution in [3.8, 4) is 5.75 Å². The first-order chi connectivity index (χ1) is 13.4. The minimum absolute atomic E-state index is 0.200. The van der Waals surface area contributed by atoms with Crippen molar-refractivity contribution in [3.05, 3.63) is 89.5 Å².